The molecule has 1 saturated heterocycles. The number of hydrogen-bond acceptors (Lipinski definition) is 4. The predicted octanol–water partition coefficient (Wildman–Crippen LogP) is 2.50. The van der Waals surface area contributed by atoms with Crippen LogP contribution in [0.5, 0.6) is 0 Å². The smallest absolute Gasteiger partial charge is 0.234 e. The van der Waals surface area contributed by atoms with Crippen LogP contribution in [0.15, 0.2) is 54.6 Å². The molecule has 2 fully saturated rings. The Morgan fingerprint density at radius 2 is 1.47 bits per heavy atom. The third-order valence-corrected chi connectivity index (χ3v) is 6.38. The molecule has 1 heterocycles. The average molecular weight is 435 g/mol. The molecule has 1 atom stereocenters. The highest BCUT2D eigenvalue weighted by Gasteiger charge is 2.33. The number of aryl methyl sites for hydroxylation is 1. The first-order valence-corrected chi connectivity index (χ1v) is 11.7. The van der Waals surface area contributed by atoms with Crippen molar-refractivity contribution in [1.29, 1.82) is 0 Å². The van der Waals surface area contributed by atoms with Gasteiger partial charge in [-0.3, -0.25) is 19.4 Å². The van der Waals surface area contributed by atoms with Crippen molar-refractivity contribution in [3.63, 3.8) is 0 Å². The Morgan fingerprint density at radius 3 is 2.06 bits per heavy atom. The van der Waals surface area contributed by atoms with Crippen LogP contribution in [-0.2, 0) is 16.1 Å². The maximum atomic E-state index is 12.7. The summed E-state index contributed by atoms with van der Waals surface area (Å²) in [4.78, 5) is 29.4. The van der Waals surface area contributed by atoms with E-state index in [1.54, 1.807) is 0 Å². The van der Waals surface area contributed by atoms with Crippen LogP contribution < -0.4 is 10.6 Å². The van der Waals surface area contributed by atoms with E-state index >= 15 is 0 Å². The molecule has 32 heavy (non-hydrogen) atoms. The number of nitrogens with zero attached hydrogens (tertiary/aromatic N) is 2. The monoisotopic (exact) mass is 434 g/mol. The van der Waals surface area contributed by atoms with E-state index in [1.807, 2.05) is 30.3 Å². The van der Waals surface area contributed by atoms with Gasteiger partial charge < -0.3 is 10.6 Å². The highest BCUT2D eigenvalue weighted by molar-refractivity contribution is 5.79. The third kappa shape index (κ3) is 6.65. The van der Waals surface area contributed by atoms with Gasteiger partial charge in [0.15, 0.2) is 0 Å². The lowest BCUT2D eigenvalue weighted by molar-refractivity contribution is -0.125. The van der Waals surface area contributed by atoms with Crippen molar-refractivity contribution in [2.24, 2.45) is 5.92 Å². The molecule has 1 aliphatic heterocycles. The standard InChI is InChI=1S/C26H34N4O2/c1-20-7-9-22(10-8-20)26(23-11-12-23)28-25(32)19-30-15-13-29(14-16-30)18-24(31)27-17-21-5-3-2-4-6-21/h2-10,23,26H,11-19H2,1H3,(H,27,31)(H,28,32). The Labute approximate surface area is 191 Å². The maximum Gasteiger partial charge on any atom is 0.234 e. The molecule has 2 N–H and O–H groups in total. The van der Waals surface area contributed by atoms with E-state index in [4.69, 9.17) is 0 Å². The number of piperazine rings is 1. The second-order valence-corrected chi connectivity index (χ2v) is 9.11. The number of rotatable bonds is 9. The molecule has 2 aliphatic rings. The summed E-state index contributed by atoms with van der Waals surface area (Å²) < 4.78 is 0. The summed E-state index contributed by atoms with van der Waals surface area (Å²) in [6.07, 6.45) is 2.37. The molecule has 1 unspecified atom stereocenters. The van der Waals surface area contributed by atoms with E-state index in [9.17, 15) is 9.59 Å². The zero-order valence-electron chi connectivity index (χ0n) is 18.9. The first-order valence-electron chi connectivity index (χ1n) is 11.7. The second-order valence-electron chi connectivity index (χ2n) is 9.11. The molecule has 170 valence electrons. The lowest BCUT2D eigenvalue weighted by Crippen LogP contribution is -2.51. The molecule has 1 aliphatic carbocycles. The van der Waals surface area contributed by atoms with Crippen LogP contribution in [0.4, 0.5) is 0 Å². The Morgan fingerprint density at radius 1 is 0.875 bits per heavy atom. The molecule has 4 rings (SSSR count). The molecule has 0 aromatic heterocycles. The van der Waals surface area contributed by atoms with Gasteiger partial charge in [-0.2, -0.15) is 0 Å². The lowest BCUT2D eigenvalue weighted by atomic mass is 10.0. The van der Waals surface area contributed by atoms with Gasteiger partial charge in [0, 0.05) is 32.7 Å². The minimum atomic E-state index is 0.0467. The van der Waals surface area contributed by atoms with Gasteiger partial charge in [-0.25, -0.2) is 0 Å². The van der Waals surface area contributed by atoms with E-state index in [0.717, 1.165) is 31.7 Å². The quantitative estimate of drug-likeness (QED) is 0.637. The Bertz CT molecular complexity index is 888. The minimum absolute atomic E-state index is 0.0467. The summed E-state index contributed by atoms with van der Waals surface area (Å²) >= 11 is 0. The number of benzene rings is 2. The average Bonchev–Trinajstić information content (AvgIpc) is 3.64. The van der Waals surface area contributed by atoms with Gasteiger partial charge in [0.05, 0.1) is 19.1 Å². The maximum absolute atomic E-state index is 12.7. The van der Waals surface area contributed by atoms with Crippen LogP contribution in [0.2, 0.25) is 0 Å². The topological polar surface area (TPSA) is 64.7 Å². The Balaban J connectivity index is 1.17. The van der Waals surface area contributed by atoms with Crippen molar-refractivity contribution >= 4 is 11.8 Å². The summed E-state index contributed by atoms with van der Waals surface area (Å²) in [5, 5.41) is 6.27. The zero-order chi connectivity index (χ0) is 22.3. The SMILES string of the molecule is Cc1ccc(C(NC(=O)CN2CCN(CC(=O)NCc3ccccc3)CC2)C2CC2)cc1. The van der Waals surface area contributed by atoms with Gasteiger partial charge in [0.25, 0.3) is 0 Å². The zero-order valence-corrected chi connectivity index (χ0v) is 18.9. The van der Waals surface area contributed by atoms with Crippen LogP contribution in [0.1, 0.15) is 35.6 Å². The molecule has 2 amide bonds. The van der Waals surface area contributed by atoms with Crippen LogP contribution in [0.3, 0.4) is 0 Å². The molecular formula is C26H34N4O2. The molecule has 1 saturated carbocycles. The van der Waals surface area contributed by atoms with Crippen molar-refractivity contribution in [3.8, 4) is 0 Å². The molecule has 2 aromatic carbocycles. The van der Waals surface area contributed by atoms with E-state index in [2.05, 4.69) is 51.6 Å². The summed E-state index contributed by atoms with van der Waals surface area (Å²) in [7, 11) is 0. The lowest BCUT2D eigenvalue weighted by Gasteiger charge is -2.34. The number of carbonyl (C=O) groups is 2. The van der Waals surface area contributed by atoms with Crippen molar-refractivity contribution < 1.29 is 9.59 Å². The van der Waals surface area contributed by atoms with E-state index in [-0.39, 0.29) is 17.9 Å². The van der Waals surface area contributed by atoms with Crippen molar-refractivity contribution in [2.75, 3.05) is 39.3 Å². The van der Waals surface area contributed by atoms with Crippen LogP contribution in [0.25, 0.3) is 0 Å². The highest BCUT2D eigenvalue weighted by Crippen LogP contribution is 2.41. The number of nitrogens with one attached hydrogen (secondary N) is 2. The molecule has 0 radical (unpaired) electrons. The number of amides is 2. The fourth-order valence-corrected chi connectivity index (χ4v) is 4.26. The van der Waals surface area contributed by atoms with E-state index in [0.29, 0.717) is 25.6 Å². The largest absolute Gasteiger partial charge is 0.351 e. The third-order valence-electron chi connectivity index (χ3n) is 6.38. The number of carbonyl (C=O) groups excluding carboxylic acids is 2. The van der Waals surface area contributed by atoms with Gasteiger partial charge in [0.2, 0.25) is 11.8 Å². The van der Waals surface area contributed by atoms with Gasteiger partial charge in [-0.05, 0) is 36.8 Å². The summed E-state index contributed by atoms with van der Waals surface area (Å²) in [5.74, 6) is 0.704. The number of hydrogen-bond donors (Lipinski definition) is 2. The van der Waals surface area contributed by atoms with Crippen molar-refractivity contribution in [3.05, 3.63) is 71.3 Å². The fourth-order valence-electron chi connectivity index (χ4n) is 4.26. The fraction of sp³-hybridized carbons (Fsp3) is 0.462. The van der Waals surface area contributed by atoms with Gasteiger partial charge in [0.1, 0.15) is 0 Å². The van der Waals surface area contributed by atoms with Crippen molar-refractivity contribution in [1.82, 2.24) is 20.4 Å². The summed E-state index contributed by atoms with van der Waals surface area (Å²) in [5.41, 5.74) is 3.55. The normalized spacial score (nSPS) is 18.2. The molecule has 6 heteroatoms. The summed E-state index contributed by atoms with van der Waals surface area (Å²) in [6.45, 7) is 6.68. The summed E-state index contributed by atoms with van der Waals surface area (Å²) in [6, 6.07) is 18.6. The molecule has 0 bridgehead atoms. The Hall–Kier alpha value is -2.70. The predicted molar refractivity (Wildman–Crippen MR) is 126 cm³/mol. The van der Waals surface area contributed by atoms with Gasteiger partial charge in [-0.15, -0.1) is 0 Å². The Kier molecular flexibility index (Phi) is 7.55. The molecule has 2 aromatic rings. The first-order chi connectivity index (χ1) is 15.6. The van der Waals surface area contributed by atoms with E-state index < -0.39 is 0 Å². The molecule has 6 nitrogen and oxygen atoms in total. The second kappa shape index (κ2) is 10.7. The van der Waals surface area contributed by atoms with Crippen molar-refractivity contribution in [2.45, 2.75) is 32.4 Å². The minimum Gasteiger partial charge on any atom is -0.351 e. The van der Waals surface area contributed by atoms with Crippen LogP contribution in [-0.4, -0.2) is 60.9 Å². The van der Waals surface area contributed by atoms with Crippen LogP contribution >= 0.6 is 0 Å². The highest BCUT2D eigenvalue weighted by atomic mass is 16.2. The van der Waals surface area contributed by atoms with E-state index in [1.165, 1.54) is 24.0 Å². The molecular weight excluding hydrogens is 400 g/mol. The van der Waals surface area contributed by atoms with Crippen LogP contribution in [0, 0.1) is 12.8 Å². The first kappa shape index (κ1) is 22.5. The molecule has 0 spiro atoms. The van der Waals surface area contributed by atoms with Gasteiger partial charge >= 0.3 is 0 Å². The van der Waals surface area contributed by atoms with Gasteiger partial charge in [-0.1, -0.05) is 60.2 Å².